The van der Waals surface area contributed by atoms with E-state index in [2.05, 4.69) is 4.98 Å². The third-order valence-corrected chi connectivity index (χ3v) is 2.30. The van der Waals surface area contributed by atoms with Crippen LogP contribution < -0.4 is 0 Å². The van der Waals surface area contributed by atoms with Gasteiger partial charge >= 0.3 is 0 Å². The van der Waals surface area contributed by atoms with Crippen LogP contribution in [0.15, 0.2) is 36.5 Å². The third-order valence-electron chi connectivity index (χ3n) is 2.30. The summed E-state index contributed by atoms with van der Waals surface area (Å²) >= 11 is 0. The van der Waals surface area contributed by atoms with E-state index in [1.807, 2.05) is 6.07 Å². The number of benzene rings is 1. The van der Waals surface area contributed by atoms with Crippen molar-refractivity contribution in [2.75, 3.05) is 0 Å². The predicted molar refractivity (Wildman–Crippen MR) is 58.9 cm³/mol. The van der Waals surface area contributed by atoms with E-state index in [1.54, 1.807) is 12.1 Å². The van der Waals surface area contributed by atoms with E-state index in [0.717, 1.165) is 6.20 Å². The first-order valence-electron chi connectivity index (χ1n) is 4.98. The second-order valence-corrected chi connectivity index (χ2v) is 3.51. The minimum atomic E-state index is -0.504. The molecule has 0 saturated carbocycles. The normalized spacial score (nSPS) is 9.94. The molecular formula is C13H8F2N2. The lowest BCUT2D eigenvalue weighted by Gasteiger charge is -2.06. The average Bonchev–Trinajstić information content (AvgIpc) is 2.29. The van der Waals surface area contributed by atoms with Gasteiger partial charge < -0.3 is 0 Å². The topological polar surface area (TPSA) is 36.7 Å². The van der Waals surface area contributed by atoms with Gasteiger partial charge in [0.05, 0.1) is 24.4 Å². The molecule has 0 fully saturated rings. The van der Waals surface area contributed by atoms with Crippen molar-refractivity contribution in [3.05, 3.63) is 53.7 Å². The summed E-state index contributed by atoms with van der Waals surface area (Å²) in [6.07, 6.45) is 1.09. The van der Waals surface area contributed by atoms with E-state index in [1.165, 1.54) is 18.2 Å². The number of nitrogens with zero attached hydrogens (tertiary/aromatic N) is 2. The van der Waals surface area contributed by atoms with E-state index >= 15 is 0 Å². The molecule has 0 unspecified atom stereocenters. The maximum atomic E-state index is 13.1. The van der Waals surface area contributed by atoms with Crippen LogP contribution in [0, 0.1) is 23.0 Å². The zero-order valence-electron chi connectivity index (χ0n) is 8.82. The summed E-state index contributed by atoms with van der Waals surface area (Å²) in [5.41, 5.74) is 1.43. The maximum absolute atomic E-state index is 13.1. The summed E-state index contributed by atoms with van der Waals surface area (Å²) < 4.78 is 26.1. The molecule has 2 nitrogen and oxygen atoms in total. The van der Waals surface area contributed by atoms with Crippen LogP contribution in [0.25, 0.3) is 11.3 Å². The molecule has 0 bridgehead atoms. The number of rotatable bonds is 2. The molecule has 1 aromatic heterocycles. The molecule has 0 aliphatic carbocycles. The molecule has 4 heteroatoms. The van der Waals surface area contributed by atoms with Gasteiger partial charge in [-0.15, -0.1) is 0 Å². The van der Waals surface area contributed by atoms with Crippen LogP contribution >= 0.6 is 0 Å². The third kappa shape index (κ3) is 2.45. The number of hydrogen-bond acceptors (Lipinski definition) is 2. The van der Waals surface area contributed by atoms with Crippen LogP contribution in [0.3, 0.4) is 0 Å². The van der Waals surface area contributed by atoms with Crippen molar-refractivity contribution < 1.29 is 8.78 Å². The van der Waals surface area contributed by atoms with E-state index in [9.17, 15) is 8.78 Å². The van der Waals surface area contributed by atoms with Crippen molar-refractivity contribution in [2.45, 2.75) is 6.42 Å². The Labute approximate surface area is 97.2 Å². The number of nitriles is 1. The van der Waals surface area contributed by atoms with Crippen molar-refractivity contribution in [3.8, 4) is 17.3 Å². The molecule has 2 aromatic rings. The van der Waals surface area contributed by atoms with E-state index in [0.29, 0.717) is 16.8 Å². The lowest BCUT2D eigenvalue weighted by Crippen LogP contribution is -1.94. The average molecular weight is 230 g/mol. The maximum Gasteiger partial charge on any atom is 0.141 e. The Morgan fingerprint density at radius 2 is 2.00 bits per heavy atom. The number of aromatic nitrogens is 1. The SMILES string of the molecule is N#CCc1cc(F)cnc1-c1cccc(F)c1. The molecule has 0 radical (unpaired) electrons. The van der Waals surface area contributed by atoms with Crippen LogP contribution in [0.1, 0.15) is 5.56 Å². The molecule has 0 N–H and O–H groups in total. The predicted octanol–water partition coefficient (Wildman–Crippen LogP) is 3.09. The van der Waals surface area contributed by atoms with Gasteiger partial charge in [0, 0.05) is 5.56 Å². The fourth-order valence-electron chi connectivity index (χ4n) is 1.60. The van der Waals surface area contributed by atoms with E-state index < -0.39 is 11.6 Å². The Kier molecular flexibility index (Phi) is 3.10. The summed E-state index contributed by atoms with van der Waals surface area (Å²) in [7, 11) is 0. The lowest BCUT2D eigenvalue weighted by atomic mass is 10.0. The minimum absolute atomic E-state index is 0.0383. The summed E-state index contributed by atoms with van der Waals surface area (Å²) in [5, 5.41) is 8.66. The standard InChI is InChI=1S/C13H8F2N2/c14-11-3-1-2-9(6-11)13-10(4-5-16)7-12(15)8-17-13/h1-3,6-8H,4H2. The number of hydrogen-bond donors (Lipinski definition) is 0. The molecule has 0 aliphatic rings. The summed E-state index contributed by atoms with van der Waals surface area (Å²) in [5.74, 6) is -0.896. The summed E-state index contributed by atoms with van der Waals surface area (Å²) in [6, 6.07) is 9.02. The zero-order chi connectivity index (χ0) is 12.3. The first-order valence-corrected chi connectivity index (χ1v) is 4.98. The molecule has 2 rings (SSSR count). The van der Waals surface area contributed by atoms with Gasteiger partial charge in [0.1, 0.15) is 11.6 Å². The van der Waals surface area contributed by atoms with Crippen molar-refractivity contribution in [1.29, 1.82) is 5.26 Å². The fraction of sp³-hybridized carbons (Fsp3) is 0.0769. The van der Waals surface area contributed by atoms with Crippen LogP contribution in [-0.4, -0.2) is 4.98 Å². The lowest BCUT2D eigenvalue weighted by molar-refractivity contribution is 0.619. The molecule has 0 amide bonds. The van der Waals surface area contributed by atoms with Gasteiger partial charge in [-0.2, -0.15) is 5.26 Å². The van der Waals surface area contributed by atoms with Gasteiger partial charge in [0.15, 0.2) is 0 Å². The first kappa shape index (κ1) is 11.2. The van der Waals surface area contributed by atoms with E-state index in [-0.39, 0.29) is 6.42 Å². The highest BCUT2D eigenvalue weighted by atomic mass is 19.1. The Balaban J connectivity index is 2.55. The Morgan fingerprint density at radius 3 is 2.71 bits per heavy atom. The first-order chi connectivity index (χ1) is 8.20. The molecule has 0 atom stereocenters. The van der Waals surface area contributed by atoms with Crippen LogP contribution in [0.5, 0.6) is 0 Å². The number of pyridine rings is 1. The van der Waals surface area contributed by atoms with Gasteiger partial charge in [0.25, 0.3) is 0 Å². The molecule has 17 heavy (non-hydrogen) atoms. The largest absolute Gasteiger partial charge is 0.253 e. The van der Waals surface area contributed by atoms with Crippen molar-refractivity contribution in [1.82, 2.24) is 4.98 Å². The quantitative estimate of drug-likeness (QED) is 0.794. The molecule has 1 aromatic carbocycles. The van der Waals surface area contributed by atoms with Gasteiger partial charge in [0.2, 0.25) is 0 Å². The van der Waals surface area contributed by atoms with Crippen LogP contribution in [-0.2, 0) is 6.42 Å². The number of halogens is 2. The molecule has 84 valence electrons. The highest BCUT2D eigenvalue weighted by Crippen LogP contribution is 2.22. The van der Waals surface area contributed by atoms with Gasteiger partial charge in [-0.1, -0.05) is 12.1 Å². The van der Waals surface area contributed by atoms with E-state index in [4.69, 9.17) is 5.26 Å². The van der Waals surface area contributed by atoms with Gasteiger partial charge in [-0.25, -0.2) is 8.78 Å². The second-order valence-electron chi connectivity index (χ2n) is 3.51. The molecule has 1 heterocycles. The highest BCUT2D eigenvalue weighted by Gasteiger charge is 2.08. The summed E-state index contributed by atoms with van der Waals surface area (Å²) in [4.78, 5) is 3.92. The van der Waals surface area contributed by atoms with Crippen molar-refractivity contribution in [2.24, 2.45) is 0 Å². The molecular weight excluding hydrogens is 222 g/mol. The van der Waals surface area contributed by atoms with Gasteiger partial charge in [-0.3, -0.25) is 4.98 Å². The van der Waals surface area contributed by atoms with Crippen molar-refractivity contribution in [3.63, 3.8) is 0 Å². The van der Waals surface area contributed by atoms with Crippen molar-refractivity contribution >= 4 is 0 Å². The van der Waals surface area contributed by atoms with Crippen LogP contribution in [0.4, 0.5) is 8.78 Å². The van der Waals surface area contributed by atoms with Gasteiger partial charge in [-0.05, 0) is 23.8 Å². The summed E-state index contributed by atoms with van der Waals surface area (Å²) in [6.45, 7) is 0. The Hall–Kier alpha value is -2.28. The minimum Gasteiger partial charge on any atom is -0.253 e. The molecule has 0 aliphatic heterocycles. The zero-order valence-corrected chi connectivity index (χ0v) is 8.82. The van der Waals surface area contributed by atoms with Crippen LogP contribution in [0.2, 0.25) is 0 Å². The second kappa shape index (κ2) is 4.71. The Bertz CT molecular complexity index is 588. The Morgan fingerprint density at radius 1 is 1.18 bits per heavy atom. The highest BCUT2D eigenvalue weighted by molar-refractivity contribution is 5.63. The molecule has 0 spiro atoms. The molecule has 0 saturated heterocycles. The monoisotopic (exact) mass is 230 g/mol. The fourth-order valence-corrected chi connectivity index (χ4v) is 1.60. The smallest absolute Gasteiger partial charge is 0.141 e.